The van der Waals surface area contributed by atoms with Gasteiger partial charge in [0.05, 0.1) is 40.0 Å². The van der Waals surface area contributed by atoms with Crippen molar-refractivity contribution in [3.8, 4) is 23.0 Å². The Balaban J connectivity index is 2.00. The molecule has 156 valence electrons. The summed E-state index contributed by atoms with van der Waals surface area (Å²) in [6.45, 7) is 1.36. The molecular weight excluding hydrogens is 378 g/mol. The average molecular weight is 403 g/mol. The number of nitrogens with one attached hydrogen (secondary N) is 1. The van der Waals surface area contributed by atoms with Crippen molar-refractivity contribution < 1.29 is 33.3 Å². The fourth-order valence-electron chi connectivity index (χ4n) is 2.68. The van der Waals surface area contributed by atoms with Gasteiger partial charge < -0.3 is 29.0 Å². The van der Waals surface area contributed by atoms with Crippen molar-refractivity contribution in [1.82, 2.24) is 5.32 Å². The van der Waals surface area contributed by atoms with Gasteiger partial charge in [-0.2, -0.15) is 0 Å². The normalized spacial score (nSPS) is 11.2. The van der Waals surface area contributed by atoms with E-state index >= 15 is 0 Å². The molecule has 0 spiro atoms. The Kier molecular flexibility index (Phi) is 7.70. The Bertz CT molecular complexity index is 844. The van der Waals surface area contributed by atoms with E-state index in [0.29, 0.717) is 23.0 Å². The van der Waals surface area contributed by atoms with Crippen LogP contribution in [0.25, 0.3) is 0 Å². The zero-order valence-corrected chi connectivity index (χ0v) is 17.1. The van der Waals surface area contributed by atoms with Crippen LogP contribution in [0.3, 0.4) is 0 Å². The van der Waals surface area contributed by atoms with E-state index < -0.39 is 18.5 Å². The monoisotopic (exact) mass is 403 g/mol. The van der Waals surface area contributed by atoms with Crippen LogP contribution in [0.1, 0.15) is 28.9 Å². The van der Waals surface area contributed by atoms with E-state index in [1.54, 1.807) is 45.4 Å². The van der Waals surface area contributed by atoms with E-state index in [1.165, 1.54) is 26.4 Å². The molecule has 1 N–H and O–H groups in total. The van der Waals surface area contributed by atoms with Gasteiger partial charge >= 0.3 is 5.97 Å². The van der Waals surface area contributed by atoms with Crippen molar-refractivity contribution in [2.24, 2.45) is 0 Å². The molecule has 2 aromatic rings. The number of esters is 1. The van der Waals surface area contributed by atoms with Gasteiger partial charge in [-0.05, 0) is 37.3 Å². The summed E-state index contributed by atoms with van der Waals surface area (Å²) in [6, 6.07) is 9.56. The quantitative estimate of drug-likeness (QED) is 0.644. The molecule has 0 aromatic heterocycles. The molecule has 1 atom stereocenters. The number of benzene rings is 2. The van der Waals surface area contributed by atoms with E-state index in [0.717, 1.165) is 5.56 Å². The molecule has 2 rings (SSSR count). The van der Waals surface area contributed by atoms with Gasteiger partial charge in [-0.25, -0.2) is 4.79 Å². The molecule has 8 nitrogen and oxygen atoms in total. The summed E-state index contributed by atoms with van der Waals surface area (Å²) in [5.41, 5.74) is 0.959. The third kappa shape index (κ3) is 5.78. The molecule has 0 radical (unpaired) electrons. The Hall–Kier alpha value is -3.42. The van der Waals surface area contributed by atoms with Crippen molar-refractivity contribution >= 4 is 11.9 Å². The third-order valence-electron chi connectivity index (χ3n) is 4.20. The summed E-state index contributed by atoms with van der Waals surface area (Å²) in [7, 11) is 6.06. The molecular formula is C21H25NO7. The number of ether oxygens (including phenoxy) is 5. The van der Waals surface area contributed by atoms with Gasteiger partial charge in [0, 0.05) is 11.6 Å². The number of carbonyl (C=O) groups is 2. The first kappa shape index (κ1) is 21.9. The molecule has 0 aliphatic rings. The fraction of sp³-hybridized carbons (Fsp3) is 0.333. The number of hydrogen-bond acceptors (Lipinski definition) is 7. The maximum atomic E-state index is 12.3. The largest absolute Gasteiger partial charge is 0.497 e. The Labute approximate surface area is 169 Å². The molecule has 0 fully saturated rings. The second kappa shape index (κ2) is 10.2. The maximum absolute atomic E-state index is 12.3. The van der Waals surface area contributed by atoms with Crippen molar-refractivity contribution in [1.29, 1.82) is 0 Å². The highest BCUT2D eigenvalue weighted by Crippen LogP contribution is 2.29. The lowest BCUT2D eigenvalue weighted by Gasteiger charge is -2.18. The highest BCUT2D eigenvalue weighted by Gasteiger charge is 2.17. The topological polar surface area (TPSA) is 92.3 Å². The molecule has 8 heteroatoms. The highest BCUT2D eigenvalue weighted by molar-refractivity contribution is 5.92. The smallest absolute Gasteiger partial charge is 0.338 e. The van der Waals surface area contributed by atoms with Crippen molar-refractivity contribution in [3.63, 3.8) is 0 Å². The zero-order valence-electron chi connectivity index (χ0n) is 17.1. The Morgan fingerprint density at radius 2 is 1.48 bits per heavy atom. The molecule has 1 amide bonds. The summed E-state index contributed by atoms with van der Waals surface area (Å²) >= 11 is 0. The SMILES string of the molecule is COc1cc(OC)cc(C(=O)OCC(=O)N[C@@H](C)c2cc(OC)ccc2OC)c1. The van der Waals surface area contributed by atoms with Gasteiger partial charge in [0.2, 0.25) is 0 Å². The third-order valence-corrected chi connectivity index (χ3v) is 4.20. The molecule has 0 unspecified atom stereocenters. The lowest BCUT2D eigenvalue weighted by Crippen LogP contribution is -2.31. The molecule has 0 heterocycles. The van der Waals surface area contributed by atoms with Crippen LogP contribution in [0.2, 0.25) is 0 Å². The number of amides is 1. The van der Waals surface area contributed by atoms with Crippen LogP contribution in [0.15, 0.2) is 36.4 Å². The van der Waals surface area contributed by atoms with Crippen LogP contribution in [0, 0.1) is 0 Å². The fourth-order valence-corrected chi connectivity index (χ4v) is 2.68. The predicted molar refractivity (Wildman–Crippen MR) is 106 cm³/mol. The molecule has 2 aromatic carbocycles. The van der Waals surface area contributed by atoms with Gasteiger partial charge in [0.15, 0.2) is 6.61 Å². The maximum Gasteiger partial charge on any atom is 0.338 e. The molecule has 0 saturated heterocycles. The van der Waals surface area contributed by atoms with Crippen LogP contribution < -0.4 is 24.3 Å². The first-order valence-electron chi connectivity index (χ1n) is 8.83. The predicted octanol–water partition coefficient (Wildman–Crippen LogP) is 2.76. The van der Waals surface area contributed by atoms with E-state index in [-0.39, 0.29) is 11.6 Å². The zero-order chi connectivity index (χ0) is 21.4. The second-order valence-corrected chi connectivity index (χ2v) is 6.07. The molecule has 0 aliphatic heterocycles. The van der Waals surface area contributed by atoms with Crippen LogP contribution in [-0.2, 0) is 9.53 Å². The summed E-state index contributed by atoms with van der Waals surface area (Å²) < 4.78 is 25.9. The lowest BCUT2D eigenvalue weighted by atomic mass is 10.1. The van der Waals surface area contributed by atoms with Crippen LogP contribution >= 0.6 is 0 Å². The van der Waals surface area contributed by atoms with Gasteiger partial charge in [0.25, 0.3) is 5.91 Å². The van der Waals surface area contributed by atoms with E-state index in [9.17, 15) is 9.59 Å². The second-order valence-electron chi connectivity index (χ2n) is 6.07. The van der Waals surface area contributed by atoms with Crippen LogP contribution in [0.5, 0.6) is 23.0 Å². The van der Waals surface area contributed by atoms with Crippen molar-refractivity contribution in [3.05, 3.63) is 47.5 Å². The summed E-state index contributed by atoms with van der Waals surface area (Å²) in [4.78, 5) is 24.5. The van der Waals surface area contributed by atoms with Gasteiger partial charge in [-0.1, -0.05) is 0 Å². The molecule has 0 bridgehead atoms. The van der Waals surface area contributed by atoms with E-state index in [1.807, 2.05) is 0 Å². The average Bonchev–Trinajstić information content (AvgIpc) is 2.76. The number of methoxy groups -OCH3 is 4. The number of carbonyl (C=O) groups excluding carboxylic acids is 2. The number of hydrogen-bond donors (Lipinski definition) is 1. The number of rotatable bonds is 9. The van der Waals surface area contributed by atoms with Crippen molar-refractivity contribution in [2.45, 2.75) is 13.0 Å². The van der Waals surface area contributed by atoms with Gasteiger partial charge in [-0.15, -0.1) is 0 Å². The van der Waals surface area contributed by atoms with Crippen LogP contribution in [0.4, 0.5) is 0 Å². The summed E-state index contributed by atoms with van der Waals surface area (Å²) in [5, 5.41) is 2.77. The van der Waals surface area contributed by atoms with Gasteiger partial charge in [0.1, 0.15) is 23.0 Å². The minimum absolute atomic E-state index is 0.219. The summed E-state index contributed by atoms with van der Waals surface area (Å²) in [6.07, 6.45) is 0. The van der Waals surface area contributed by atoms with E-state index in [4.69, 9.17) is 23.7 Å². The Morgan fingerprint density at radius 1 is 0.862 bits per heavy atom. The minimum atomic E-state index is -0.663. The van der Waals surface area contributed by atoms with Crippen LogP contribution in [-0.4, -0.2) is 46.9 Å². The highest BCUT2D eigenvalue weighted by atomic mass is 16.5. The first-order chi connectivity index (χ1) is 13.9. The standard InChI is InChI=1S/C21H25NO7/c1-13(18-11-15(25-2)6-7-19(18)28-5)22-20(23)12-29-21(24)14-8-16(26-3)10-17(9-14)27-4/h6-11,13H,12H2,1-5H3,(H,22,23)/t13-/m0/s1. The molecule has 0 aliphatic carbocycles. The van der Waals surface area contributed by atoms with E-state index in [2.05, 4.69) is 5.32 Å². The molecule has 29 heavy (non-hydrogen) atoms. The lowest BCUT2D eigenvalue weighted by molar-refractivity contribution is -0.124. The first-order valence-corrected chi connectivity index (χ1v) is 8.83. The molecule has 0 saturated carbocycles. The van der Waals surface area contributed by atoms with Crippen molar-refractivity contribution in [2.75, 3.05) is 35.0 Å². The van der Waals surface area contributed by atoms with Gasteiger partial charge in [-0.3, -0.25) is 4.79 Å². The minimum Gasteiger partial charge on any atom is -0.497 e. The summed E-state index contributed by atoms with van der Waals surface area (Å²) in [5.74, 6) is 1.02. The Morgan fingerprint density at radius 3 is 2.03 bits per heavy atom.